The molecule has 0 atom stereocenters. The van der Waals surface area contributed by atoms with Crippen molar-refractivity contribution in [2.75, 3.05) is 5.32 Å². The standard InChI is InChI=1S/C14H11ClN2O3/c15-10-2-1-3-11(13(10)14(19)20)17-12(18)8-9-4-6-16-7-5-9/h1-7H,8H2,(H,17,18)(H,19,20). The molecule has 0 aliphatic heterocycles. The fourth-order valence-corrected chi connectivity index (χ4v) is 1.98. The SMILES string of the molecule is O=C(Cc1ccncc1)Nc1cccc(Cl)c1C(=O)O. The van der Waals surface area contributed by atoms with Crippen molar-refractivity contribution in [2.24, 2.45) is 0 Å². The molecular formula is C14H11ClN2O3. The van der Waals surface area contributed by atoms with Gasteiger partial charge in [0.2, 0.25) is 5.91 Å². The van der Waals surface area contributed by atoms with Gasteiger partial charge in [0.1, 0.15) is 5.56 Å². The van der Waals surface area contributed by atoms with Gasteiger partial charge >= 0.3 is 5.97 Å². The number of anilines is 1. The van der Waals surface area contributed by atoms with Crippen molar-refractivity contribution in [2.45, 2.75) is 6.42 Å². The van der Waals surface area contributed by atoms with Gasteiger partial charge in [-0.15, -0.1) is 0 Å². The molecule has 0 fully saturated rings. The van der Waals surface area contributed by atoms with Crippen LogP contribution >= 0.6 is 11.6 Å². The van der Waals surface area contributed by atoms with Gasteiger partial charge in [0.25, 0.3) is 0 Å². The van der Waals surface area contributed by atoms with E-state index >= 15 is 0 Å². The Labute approximate surface area is 120 Å². The number of amides is 1. The number of aromatic carboxylic acids is 1. The number of aromatic nitrogens is 1. The monoisotopic (exact) mass is 290 g/mol. The van der Waals surface area contributed by atoms with Crippen LogP contribution in [-0.4, -0.2) is 22.0 Å². The van der Waals surface area contributed by atoms with Crippen LogP contribution in [0.3, 0.4) is 0 Å². The summed E-state index contributed by atoms with van der Waals surface area (Å²) in [5, 5.41) is 11.7. The summed E-state index contributed by atoms with van der Waals surface area (Å²) in [6, 6.07) is 7.98. The lowest BCUT2D eigenvalue weighted by atomic mass is 10.1. The smallest absolute Gasteiger partial charge is 0.339 e. The Morgan fingerprint density at radius 2 is 1.90 bits per heavy atom. The fourth-order valence-electron chi connectivity index (χ4n) is 1.73. The molecule has 0 bridgehead atoms. The van der Waals surface area contributed by atoms with E-state index < -0.39 is 5.97 Å². The second kappa shape index (κ2) is 6.16. The van der Waals surface area contributed by atoms with Crippen LogP contribution in [0.2, 0.25) is 5.02 Å². The summed E-state index contributed by atoms with van der Waals surface area (Å²) in [6.07, 6.45) is 3.31. The van der Waals surface area contributed by atoms with Crippen molar-refractivity contribution in [1.29, 1.82) is 0 Å². The lowest BCUT2D eigenvalue weighted by molar-refractivity contribution is -0.115. The van der Waals surface area contributed by atoms with Crippen molar-refractivity contribution >= 4 is 29.2 Å². The molecule has 2 N–H and O–H groups in total. The van der Waals surface area contributed by atoms with Gasteiger partial charge in [0.05, 0.1) is 17.1 Å². The van der Waals surface area contributed by atoms with E-state index in [4.69, 9.17) is 16.7 Å². The van der Waals surface area contributed by atoms with E-state index in [-0.39, 0.29) is 28.6 Å². The lowest BCUT2D eigenvalue weighted by Crippen LogP contribution is -2.17. The van der Waals surface area contributed by atoms with Crippen molar-refractivity contribution < 1.29 is 14.7 Å². The first-order valence-corrected chi connectivity index (χ1v) is 6.16. The highest BCUT2D eigenvalue weighted by molar-refractivity contribution is 6.34. The first kappa shape index (κ1) is 14.0. The van der Waals surface area contributed by atoms with Crippen LogP contribution < -0.4 is 5.32 Å². The molecule has 1 aromatic heterocycles. The number of carbonyl (C=O) groups is 2. The highest BCUT2D eigenvalue weighted by Crippen LogP contribution is 2.24. The molecule has 1 heterocycles. The number of pyridine rings is 1. The van der Waals surface area contributed by atoms with E-state index in [1.807, 2.05) is 0 Å². The molecular weight excluding hydrogens is 280 g/mol. The van der Waals surface area contributed by atoms with Crippen LogP contribution in [0.15, 0.2) is 42.7 Å². The minimum Gasteiger partial charge on any atom is -0.478 e. The van der Waals surface area contributed by atoms with Crippen LogP contribution in [0.1, 0.15) is 15.9 Å². The molecule has 2 aromatic rings. The predicted molar refractivity (Wildman–Crippen MR) is 75.0 cm³/mol. The van der Waals surface area contributed by atoms with Crippen molar-refractivity contribution in [3.63, 3.8) is 0 Å². The largest absolute Gasteiger partial charge is 0.478 e. The first-order chi connectivity index (χ1) is 9.58. The van der Waals surface area contributed by atoms with E-state index in [2.05, 4.69) is 10.3 Å². The van der Waals surface area contributed by atoms with Gasteiger partial charge in [0, 0.05) is 12.4 Å². The Kier molecular flexibility index (Phi) is 4.32. The van der Waals surface area contributed by atoms with Gasteiger partial charge in [-0.1, -0.05) is 17.7 Å². The van der Waals surface area contributed by atoms with Gasteiger partial charge in [-0.05, 0) is 29.8 Å². The minimum atomic E-state index is -1.19. The number of carboxylic acid groups (broad SMARTS) is 1. The van der Waals surface area contributed by atoms with Crippen LogP contribution in [0.4, 0.5) is 5.69 Å². The van der Waals surface area contributed by atoms with E-state index in [1.165, 1.54) is 12.1 Å². The molecule has 102 valence electrons. The van der Waals surface area contributed by atoms with Crippen LogP contribution in [0, 0.1) is 0 Å². The fraction of sp³-hybridized carbons (Fsp3) is 0.0714. The number of halogens is 1. The Morgan fingerprint density at radius 3 is 2.55 bits per heavy atom. The Bertz CT molecular complexity index is 644. The molecule has 1 amide bonds. The molecule has 2 rings (SSSR count). The quantitative estimate of drug-likeness (QED) is 0.907. The number of hydrogen-bond donors (Lipinski definition) is 2. The third-order valence-corrected chi connectivity index (χ3v) is 2.93. The molecule has 1 aromatic carbocycles. The summed E-state index contributed by atoms with van der Waals surface area (Å²) >= 11 is 5.83. The predicted octanol–water partition coefficient (Wildman–Crippen LogP) is 2.61. The van der Waals surface area contributed by atoms with Gasteiger partial charge < -0.3 is 10.4 Å². The number of carboxylic acids is 1. The number of nitrogens with zero attached hydrogens (tertiary/aromatic N) is 1. The lowest BCUT2D eigenvalue weighted by Gasteiger charge is -2.09. The molecule has 0 unspecified atom stereocenters. The Hall–Kier alpha value is -2.40. The number of nitrogens with one attached hydrogen (secondary N) is 1. The van der Waals surface area contributed by atoms with Gasteiger partial charge in [-0.3, -0.25) is 9.78 Å². The summed E-state index contributed by atoms with van der Waals surface area (Å²) < 4.78 is 0. The zero-order valence-electron chi connectivity index (χ0n) is 10.3. The number of carbonyl (C=O) groups excluding carboxylic acids is 1. The summed E-state index contributed by atoms with van der Waals surface area (Å²) in [5.41, 5.74) is 0.859. The van der Waals surface area contributed by atoms with Gasteiger partial charge in [0.15, 0.2) is 0 Å². The molecule has 0 radical (unpaired) electrons. The molecule has 0 saturated heterocycles. The average Bonchev–Trinajstić information content (AvgIpc) is 2.39. The number of benzene rings is 1. The van der Waals surface area contributed by atoms with E-state index in [9.17, 15) is 9.59 Å². The third-order valence-electron chi connectivity index (χ3n) is 2.62. The first-order valence-electron chi connectivity index (χ1n) is 5.78. The maximum absolute atomic E-state index is 11.9. The summed E-state index contributed by atoms with van der Waals surface area (Å²) in [5.74, 6) is -1.50. The minimum absolute atomic E-state index is 0.0826. The number of hydrogen-bond acceptors (Lipinski definition) is 3. The van der Waals surface area contributed by atoms with Crippen LogP contribution in [0.25, 0.3) is 0 Å². The van der Waals surface area contributed by atoms with Gasteiger partial charge in [-0.2, -0.15) is 0 Å². The summed E-state index contributed by atoms with van der Waals surface area (Å²) in [6.45, 7) is 0. The normalized spacial score (nSPS) is 10.1. The van der Waals surface area contributed by atoms with E-state index in [1.54, 1.807) is 30.6 Å². The second-order valence-corrected chi connectivity index (χ2v) is 4.46. The number of rotatable bonds is 4. The average molecular weight is 291 g/mol. The van der Waals surface area contributed by atoms with E-state index in [0.717, 1.165) is 5.56 Å². The molecule has 5 nitrogen and oxygen atoms in total. The second-order valence-electron chi connectivity index (χ2n) is 4.05. The van der Waals surface area contributed by atoms with Crippen LogP contribution in [-0.2, 0) is 11.2 Å². The molecule has 6 heteroatoms. The molecule has 0 aliphatic carbocycles. The third kappa shape index (κ3) is 3.33. The molecule has 0 spiro atoms. The Balaban J connectivity index is 2.16. The summed E-state index contributed by atoms with van der Waals surface area (Å²) in [4.78, 5) is 26.9. The highest BCUT2D eigenvalue weighted by Gasteiger charge is 2.16. The van der Waals surface area contributed by atoms with Crippen molar-refractivity contribution in [3.8, 4) is 0 Å². The maximum Gasteiger partial charge on any atom is 0.339 e. The summed E-state index contributed by atoms with van der Waals surface area (Å²) in [7, 11) is 0. The zero-order chi connectivity index (χ0) is 14.5. The topological polar surface area (TPSA) is 79.3 Å². The van der Waals surface area contributed by atoms with Crippen molar-refractivity contribution in [1.82, 2.24) is 4.98 Å². The van der Waals surface area contributed by atoms with Crippen molar-refractivity contribution in [3.05, 3.63) is 58.9 Å². The molecule has 0 aliphatic rings. The Morgan fingerprint density at radius 1 is 1.20 bits per heavy atom. The maximum atomic E-state index is 11.9. The van der Waals surface area contributed by atoms with E-state index in [0.29, 0.717) is 0 Å². The highest BCUT2D eigenvalue weighted by atomic mass is 35.5. The molecule has 0 saturated carbocycles. The zero-order valence-corrected chi connectivity index (χ0v) is 11.1. The van der Waals surface area contributed by atoms with Gasteiger partial charge in [-0.25, -0.2) is 4.79 Å². The molecule has 20 heavy (non-hydrogen) atoms. The van der Waals surface area contributed by atoms with Crippen LogP contribution in [0.5, 0.6) is 0 Å².